The Kier molecular flexibility index (Phi) is 6.12. The molecular weight excluding hydrogens is 152 g/mol. The van der Waals surface area contributed by atoms with Crippen LogP contribution in [0.3, 0.4) is 0 Å². The number of hydrogen-bond acceptors (Lipinski definition) is 1. The molecule has 1 aliphatic rings. The van der Waals surface area contributed by atoms with Crippen molar-refractivity contribution in [2.75, 3.05) is 0 Å². The predicted octanol–water partition coefficient (Wildman–Crippen LogP) is 2.61. The lowest BCUT2D eigenvalue weighted by molar-refractivity contribution is -0.142. The highest BCUT2D eigenvalue weighted by Crippen LogP contribution is 2.23. The van der Waals surface area contributed by atoms with Crippen molar-refractivity contribution in [3.05, 3.63) is 18.9 Å². The number of carbonyl (C=O) groups is 1. The summed E-state index contributed by atoms with van der Waals surface area (Å²) in [5, 5.41) is 8.54. The van der Waals surface area contributed by atoms with E-state index in [0.29, 0.717) is 0 Å². The van der Waals surface area contributed by atoms with Crippen LogP contribution in [-0.2, 0) is 4.79 Å². The summed E-state index contributed by atoms with van der Waals surface area (Å²) < 4.78 is 0. The molecule has 0 atom stereocenters. The predicted molar refractivity (Wildman–Crippen MR) is 49.0 cm³/mol. The summed E-state index contributed by atoms with van der Waals surface area (Å²) in [4.78, 5) is 10.4. The second-order valence-corrected chi connectivity index (χ2v) is 2.92. The number of carboxylic acids is 1. The molecule has 0 spiro atoms. The SMILES string of the molecule is C=C=C.O=C(O)C1CCCCC1. The molecule has 0 aromatic rings. The molecule has 1 rings (SSSR count). The first-order chi connectivity index (χ1) is 5.72. The Morgan fingerprint density at radius 1 is 1.25 bits per heavy atom. The van der Waals surface area contributed by atoms with Gasteiger partial charge in [-0.2, -0.15) is 0 Å². The van der Waals surface area contributed by atoms with Crippen molar-refractivity contribution < 1.29 is 9.90 Å². The van der Waals surface area contributed by atoms with Crippen molar-refractivity contribution in [2.24, 2.45) is 5.92 Å². The lowest BCUT2D eigenvalue weighted by atomic mass is 9.90. The largest absolute Gasteiger partial charge is 0.481 e. The van der Waals surface area contributed by atoms with Crippen molar-refractivity contribution in [1.29, 1.82) is 0 Å². The van der Waals surface area contributed by atoms with Crippen LogP contribution in [0.4, 0.5) is 0 Å². The van der Waals surface area contributed by atoms with Crippen LogP contribution in [0.25, 0.3) is 0 Å². The van der Waals surface area contributed by atoms with Gasteiger partial charge in [-0.1, -0.05) is 32.4 Å². The van der Waals surface area contributed by atoms with Gasteiger partial charge in [0.1, 0.15) is 0 Å². The lowest BCUT2D eigenvalue weighted by Crippen LogP contribution is -2.16. The fraction of sp³-hybridized carbons (Fsp3) is 0.600. The zero-order valence-corrected chi connectivity index (χ0v) is 7.38. The number of carboxylic acid groups (broad SMARTS) is 1. The van der Waals surface area contributed by atoms with Crippen LogP contribution in [-0.4, -0.2) is 11.1 Å². The van der Waals surface area contributed by atoms with E-state index in [2.05, 4.69) is 18.9 Å². The van der Waals surface area contributed by atoms with Crippen LogP contribution in [0.15, 0.2) is 18.9 Å². The molecule has 0 unspecified atom stereocenters. The van der Waals surface area contributed by atoms with Crippen molar-refractivity contribution in [3.8, 4) is 0 Å². The summed E-state index contributed by atoms with van der Waals surface area (Å²) >= 11 is 0. The van der Waals surface area contributed by atoms with Crippen LogP contribution < -0.4 is 0 Å². The molecule has 0 amide bonds. The minimum Gasteiger partial charge on any atom is -0.481 e. The lowest BCUT2D eigenvalue weighted by Gasteiger charge is -2.16. The molecule has 1 fully saturated rings. The van der Waals surface area contributed by atoms with Gasteiger partial charge in [0.2, 0.25) is 0 Å². The second-order valence-electron chi connectivity index (χ2n) is 2.92. The Labute approximate surface area is 73.6 Å². The number of hydrogen-bond donors (Lipinski definition) is 1. The summed E-state index contributed by atoms with van der Waals surface area (Å²) in [6, 6.07) is 0. The van der Waals surface area contributed by atoms with Crippen LogP contribution in [0.1, 0.15) is 32.1 Å². The first kappa shape index (κ1) is 11.0. The Balaban J connectivity index is 0.000000354. The monoisotopic (exact) mass is 168 g/mol. The Morgan fingerprint density at radius 3 is 1.92 bits per heavy atom. The van der Waals surface area contributed by atoms with E-state index in [1.54, 1.807) is 0 Å². The normalized spacial score (nSPS) is 17.0. The molecule has 1 N–H and O–H groups in total. The second kappa shape index (κ2) is 6.68. The molecule has 1 aliphatic carbocycles. The van der Waals surface area contributed by atoms with E-state index in [1.807, 2.05) is 0 Å². The summed E-state index contributed by atoms with van der Waals surface area (Å²) in [7, 11) is 0. The highest BCUT2D eigenvalue weighted by Gasteiger charge is 2.19. The minimum absolute atomic E-state index is 0.0289. The third-order valence-corrected chi connectivity index (χ3v) is 1.95. The standard InChI is InChI=1S/C7H12O2.C3H4/c8-7(9)6-4-2-1-3-5-6;1-3-2/h6H,1-5H2,(H,8,9);1-2H2. The van der Waals surface area contributed by atoms with Gasteiger partial charge in [0.15, 0.2) is 0 Å². The van der Waals surface area contributed by atoms with Gasteiger partial charge in [0.05, 0.1) is 5.92 Å². The average molecular weight is 168 g/mol. The van der Waals surface area contributed by atoms with Gasteiger partial charge in [0, 0.05) is 0 Å². The molecule has 0 aromatic carbocycles. The van der Waals surface area contributed by atoms with Crippen LogP contribution in [0.5, 0.6) is 0 Å². The number of rotatable bonds is 1. The zero-order valence-electron chi connectivity index (χ0n) is 7.38. The van der Waals surface area contributed by atoms with Crippen molar-refractivity contribution >= 4 is 5.97 Å². The van der Waals surface area contributed by atoms with Gasteiger partial charge < -0.3 is 5.11 Å². The quantitative estimate of drug-likeness (QED) is 0.611. The summed E-state index contributed by atoms with van der Waals surface area (Å²) in [6.07, 6.45) is 5.24. The van der Waals surface area contributed by atoms with Gasteiger partial charge in [-0.15, -0.1) is 5.73 Å². The topological polar surface area (TPSA) is 37.3 Å². The number of aliphatic carboxylic acids is 1. The van der Waals surface area contributed by atoms with Crippen molar-refractivity contribution in [3.63, 3.8) is 0 Å². The Bertz CT molecular complexity index is 161. The molecular formula is C10H16O2. The zero-order chi connectivity index (χ0) is 9.40. The molecule has 0 aliphatic heterocycles. The van der Waals surface area contributed by atoms with Crippen molar-refractivity contribution in [1.82, 2.24) is 0 Å². The third kappa shape index (κ3) is 4.75. The molecule has 0 aromatic heterocycles. The van der Waals surface area contributed by atoms with E-state index in [1.165, 1.54) is 6.42 Å². The smallest absolute Gasteiger partial charge is 0.306 e. The Morgan fingerprint density at radius 2 is 1.67 bits per heavy atom. The van der Waals surface area contributed by atoms with E-state index in [0.717, 1.165) is 25.7 Å². The third-order valence-electron chi connectivity index (χ3n) is 1.95. The van der Waals surface area contributed by atoms with Gasteiger partial charge >= 0.3 is 5.97 Å². The van der Waals surface area contributed by atoms with Gasteiger partial charge in [-0.05, 0) is 12.8 Å². The molecule has 2 nitrogen and oxygen atoms in total. The molecule has 12 heavy (non-hydrogen) atoms. The van der Waals surface area contributed by atoms with E-state index < -0.39 is 5.97 Å². The van der Waals surface area contributed by atoms with E-state index >= 15 is 0 Å². The molecule has 68 valence electrons. The van der Waals surface area contributed by atoms with E-state index in [4.69, 9.17) is 5.11 Å². The van der Waals surface area contributed by atoms with Gasteiger partial charge in [-0.3, -0.25) is 4.79 Å². The molecule has 0 heterocycles. The summed E-state index contributed by atoms with van der Waals surface area (Å²) in [5.74, 6) is -0.631. The summed E-state index contributed by atoms with van der Waals surface area (Å²) in [5.41, 5.74) is 2.25. The fourth-order valence-corrected chi connectivity index (χ4v) is 1.35. The maximum Gasteiger partial charge on any atom is 0.306 e. The Hall–Kier alpha value is -1.01. The molecule has 0 radical (unpaired) electrons. The molecule has 2 heteroatoms. The van der Waals surface area contributed by atoms with E-state index in [-0.39, 0.29) is 5.92 Å². The maximum absolute atomic E-state index is 10.4. The van der Waals surface area contributed by atoms with Crippen LogP contribution >= 0.6 is 0 Å². The first-order valence-corrected chi connectivity index (χ1v) is 4.24. The summed E-state index contributed by atoms with van der Waals surface area (Å²) in [6.45, 7) is 6.25. The van der Waals surface area contributed by atoms with Crippen molar-refractivity contribution in [2.45, 2.75) is 32.1 Å². The molecule has 1 saturated carbocycles. The van der Waals surface area contributed by atoms with Gasteiger partial charge in [0.25, 0.3) is 0 Å². The highest BCUT2D eigenvalue weighted by molar-refractivity contribution is 5.69. The maximum atomic E-state index is 10.4. The minimum atomic E-state index is -0.602. The molecule has 0 bridgehead atoms. The first-order valence-electron chi connectivity index (χ1n) is 4.24. The average Bonchev–Trinajstić information content (AvgIpc) is 2.07. The van der Waals surface area contributed by atoms with Crippen LogP contribution in [0, 0.1) is 5.92 Å². The molecule has 0 saturated heterocycles. The fourth-order valence-electron chi connectivity index (χ4n) is 1.35. The van der Waals surface area contributed by atoms with E-state index in [9.17, 15) is 4.79 Å². The van der Waals surface area contributed by atoms with Gasteiger partial charge in [-0.25, -0.2) is 0 Å². The highest BCUT2D eigenvalue weighted by atomic mass is 16.4. The van der Waals surface area contributed by atoms with Crippen LogP contribution in [0.2, 0.25) is 0 Å².